The number of pyridine rings is 1. The lowest BCUT2D eigenvalue weighted by Gasteiger charge is -2.15. The SMILES string of the molecule is CCCCCCCCc1ccc(-c2ccc(O[C@@H](C)CCCC)cc2F)nc1. The lowest BCUT2D eigenvalue weighted by Crippen LogP contribution is -2.11. The largest absolute Gasteiger partial charge is 0.491 e. The van der Waals surface area contributed by atoms with Gasteiger partial charge in [-0.1, -0.05) is 64.9 Å². The molecule has 1 heterocycles. The van der Waals surface area contributed by atoms with Gasteiger partial charge < -0.3 is 4.74 Å². The zero-order valence-corrected chi connectivity index (χ0v) is 17.8. The first kappa shape index (κ1) is 22.4. The molecule has 0 aliphatic carbocycles. The lowest BCUT2D eigenvalue weighted by atomic mass is 10.0. The highest BCUT2D eigenvalue weighted by molar-refractivity contribution is 5.61. The average molecular weight is 386 g/mol. The van der Waals surface area contributed by atoms with Crippen LogP contribution in [0.15, 0.2) is 36.5 Å². The summed E-state index contributed by atoms with van der Waals surface area (Å²) in [6.07, 6.45) is 14.0. The van der Waals surface area contributed by atoms with Gasteiger partial charge in [-0.05, 0) is 49.9 Å². The molecule has 0 amide bonds. The Kier molecular flexibility index (Phi) is 10.0. The van der Waals surface area contributed by atoms with Crippen LogP contribution in [0.1, 0.15) is 84.1 Å². The Morgan fingerprint density at radius 2 is 1.68 bits per heavy atom. The predicted octanol–water partition coefficient (Wildman–Crippen LogP) is 7.75. The Labute approximate surface area is 170 Å². The van der Waals surface area contributed by atoms with E-state index in [4.69, 9.17) is 4.74 Å². The van der Waals surface area contributed by atoms with Gasteiger partial charge in [-0.15, -0.1) is 0 Å². The van der Waals surface area contributed by atoms with Crippen LogP contribution >= 0.6 is 0 Å². The molecule has 154 valence electrons. The van der Waals surface area contributed by atoms with Crippen LogP contribution in [0.4, 0.5) is 4.39 Å². The smallest absolute Gasteiger partial charge is 0.136 e. The summed E-state index contributed by atoms with van der Waals surface area (Å²) >= 11 is 0. The van der Waals surface area contributed by atoms with Gasteiger partial charge in [0.2, 0.25) is 0 Å². The summed E-state index contributed by atoms with van der Waals surface area (Å²) in [6, 6.07) is 9.09. The van der Waals surface area contributed by atoms with Gasteiger partial charge in [0.05, 0.1) is 11.8 Å². The van der Waals surface area contributed by atoms with E-state index in [-0.39, 0.29) is 11.9 Å². The van der Waals surface area contributed by atoms with Crippen molar-refractivity contribution in [2.45, 2.75) is 91.1 Å². The number of hydrogen-bond acceptors (Lipinski definition) is 2. The van der Waals surface area contributed by atoms with Crippen LogP contribution in [0, 0.1) is 5.82 Å². The minimum absolute atomic E-state index is 0.101. The number of unbranched alkanes of at least 4 members (excludes halogenated alkanes) is 6. The van der Waals surface area contributed by atoms with Crippen LogP contribution in [0.2, 0.25) is 0 Å². The summed E-state index contributed by atoms with van der Waals surface area (Å²) < 4.78 is 20.4. The standard InChI is InChI=1S/C25H36FNO/c1-4-6-8-9-10-11-13-21-14-17-25(27-19-21)23-16-15-22(18-24(23)26)28-20(3)12-7-5-2/h14-20H,4-13H2,1-3H3/t20-/m0/s1. The van der Waals surface area contributed by atoms with E-state index in [1.165, 1.54) is 50.2 Å². The number of nitrogens with zero attached hydrogens (tertiary/aromatic N) is 1. The minimum atomic E-state index is -0.281. The molecular weight excluding hydrogens is 349 g/mol. The van der Waals surface area contributed by atoms with Crippen LogP contribution in [0.5, 0.6) is 5.75 Å². The summed E-state index contributed by atoms with van der Waals surface area (Å²) in [7, 11) is 0. The number of halogens is 1. The molecule has 2 rings (SSSR count). The second-order valence-corrected chi connectivity index (χ2v) is 7.78. The Hall–Kier alpha value is -1.90. The van der Waals surface area contributed by atoms with Crippen molar-refractivity contribution in [3.8, 4) is 17.0 Å². The van der Waals surface area contributed by atoms with E-state index >= 15 is 0 Å². The monoisotopic (exact) mass is 385 g/mol. The summed E-state index contributed by atoms with van der Waals surface area (Å²) in [6.45, 7) is 6.43. The van der Waals surface area contributed by atoms with E-state index in [0.717, 1.165) is 25.7 Å². The Bertz CT molecular complexity index is 683. The third-order valence-electron chi connectivity index (χ3n) is 5.16. The highest BCUT2D eigenvalue weighted by atomic mass is 19.1. The minimum Gasteiger partial charge on any atom is -0.491 e. The van der Waals surface area contributed by atoms with Gasteiger partial charge in [0.1, 0.15) is 11.6 Å². The fourth-order valence-electron chi connectivity index (χ4n) is 3.40. The number of aryl methyl sites for hydroxylation is 1. The van der Waals surface area contributed by atoms with Crippen molar-refractivity contribution >= 4 is 0 Å². The molecule has 0 radical (unpaired) electrons. The topological polar surface area (TPSA) is 22.1 Å². The second-order valence-electron chi connectivity index (χ2n) is 7.78. The number of ether oxygens (including phenoxy) is 1. The van der Waals surface area contributed by atoms with Crippen molar-refractivity contribution in [2.24, 2.45) is 0 Å². The first-order valence-electron chi connectivity index (χ1n) is 11.1. The molecule has 28 heavy (non-hydrogen) atoms. The van der Waals surface area contributed by atoms with Crippen molar-refractivity contribution in [1.29, 1.82) is 0 Å². The summed E-state index contributed by atoms with van der Waals surface area (Å²) in [4.78, 5) is 4.49. The van der Waals surface area contributed by atoms with E-state index in [1.807, 2.05) is 25.3 Å². The van der Waals surface area contributed by atoms with Crippen LogP contribution < -0.4 is 4.74 Å². The molecule has 0 fully saturated rings. The van der Waals surface area contributed by atoms with E-state index in [2.05, 4.69) is 24.9 Å². The van der Waals surface area contributed by atoms with E-state index in [9.17, 15) is 4.39 Å². The normalized spacial score (nSPS) is 12.1. The van der Waals surface area contributed by atoms with Crippen molar-refractivity contribution in [2.75, 3.05) is 0 Å². The first-order valence-corrected chi connectivity index (χ1v) is 11.1. The van der Waals surface area contributed by atoms with Crippen LogP contribution in [-0.4, -0.2) is 11.1 Å². The summed E-state index contributed by atoms with van der Waals surface area (Å²) in [5.74, 6) is 0.306. The van der Waals surface area contributed by atoms with Gasteiger partial charge in [-0.3, -0.25) is 4.98 Å². The molecule has 0 unspecified atom stereocenters. The predicted molar refractivity (Wildman–Crippen MR) is 116 cm³/mol. The van der Waals surface area contributed by atoms with Gasteiger partial charge in [0, 0.05) is 17.8 Å². The quantitative estimate of drug-likeness (QED) is 0.329. The first-order chi connectivity index (χ1) is 13.6. The fourth-order valence-corrected chi connectivity index (χ4v) is 3.40. The van der Waals surface area contributed by atoms with Gasteiger partial charge in [-0.2, -0.15) is 0 Å². The Morgan fingerprint density at radius 3 is 2.36 bits per heavy atom. The van der Waals surface area contributed by atoms with Crippen LogP contribution in [-0.2, 0) is 6.42 Å². The van der Waals surface area contributed by atoms with Crippen molar-refractivity contribution in [3.63, 3.8) is 0 Å². The maximum absolute atomic E-state index is 14.6. The molecule has 0 bridgehead atoms. The summed E-state index contributed by atoms with van der Waals surface area (Å²) in [5, 5.41) is 0. The highest BCUT2D eigenvalue weighted by Crippen LogP contribution is 2.26. The van der Waals surface area contributed by atoms with Crippen molar-refractivity contribution in [1.82, 2.24) is 4.98 Å². The molecule has 2 aromatic rings. The zero-order chi connectivity index (χ0) is 20.2. The van der Waals surface area contributed by atoms with Gasteiger partial charge in [0.15, 0.2) is 0 Å². The van der Waals surface area contributed by atoms with E-state index in [0.29, 0.717) is 17.0 Å². The van der Waals surface area contributed by atoms with Crippen molar-refractivity contribution in [3.05, 3.63) is 47.9 Å². The molecule has 0 saturated heterocycles. The molecule has 1 aromatic heterocycles. The third-order valence-corrected chi connectivity index (χ3v) is 5.16. The molecule has 0 saturated carbocycles. The lowest BCUT2D eigenvalue weighted by molar-refractivity contribution is 0.206. The zero-order valence-electron chi connectivity index (χ0n) is 17.8. The number of benzene rings is 1. The van der Waals surface area contributed by atoms with E-state index in [1.54, 1.807) is 6.07 Å². The maximum atomic E-state index is 14.6. The van der Waals surface area contributed by atoms with Crippen LogP contribution in [0.25, 0.3) is 11.3 Å². The number of aromatic nitrogens is 1. The Morgan fingerprint density at radius 1 is 0.929 bits per heavy atom. The molecule has 3 heteroatoms. The molecule has 0 aliphatic heterocycles. The van der Waals surface area contributed by atoms with Gasteiger partial charge >= 0.3 is 0 Å². The summed E-state index contributed by atoms with van der Waals surface area (Å²) in [5.41, 5.74) is 2.43. The average Bonchev–Trinajstić information content (AvgIpc) is 2.70. The van der Waals surface area contributed by atoms with Crippen LogP contribution in [0.3, 0.4) is 0 Å². The maximum Gasteiger partial charge on any atom is 0.136 e. The number of hydrogen-bond donors (Lipinski definition) is 0. The molecular formula is C25H36FNO. The molecule has 0 spiro atoms. The van der Waals surface area contributed by atoms with Crippen molar-refractivity contribution < 1.29 is 9.13 Å². The molecule has 1 atom stereocenters. The molecule has 1 aromatic carbocycles. The van der Waals surface area contributed by atoms with Gasteiger partial charge in [-0.25, -0.2) is 4.39 Å². The molecule has 2 nitrogen and oxygen atoms in total. The third kappa shape index (κ3) is 7.61. The molecule has 0 aliphatic rings. The van der Waals surface area contributed by atoms with Gasteiger partial charge in [0.25, 0.3) is 0 Å². The fraction of sp³-hybridized carbons (Fsp3) is 0.560. The Balaban J connectivity index is 1.88. The van der Waals surface area contributed by atoms with E-state index < -0.39 is 0 Å². The molecule has 0 N–H and O–H groups in total. The highest BCUT2D eigenvalue weighted by Gasteiger charge is 2.10. The second kappa shape index (κ2) is 12.5. The number of rotatable bonds is 13.